The number of hydrogen-bond acceptors (Lipinski definition) is 1. The molecule has 15 heavy (non-hydrogen) atoms. The molecular formula is C13H26FN. The molecule has 2 heteroatoms. The molecule has 90 valence electrons. The second-order valence-electron chi connectivity index (χ2n) is 2.37. The molecule has 0 spiro atoms. The summed E-state index contributed by atoms with van der Waals surface area (Å²) in [5.41, 5.74) is 2.91. The molecule has 1 heterocycles. The van der Waals surface area contributed by atoms with Gasteiger partial charge in [-0.1, -0.05) is 53.0 Å². The molecule has 1 N–H and O–H groups in total. The minimum atomic E-state index is 0. The Hall–Kier alpha value is -0.890. The predicted octanol–water partition coefficient (Wildman–Crippen LogP) is 4.17. The van der Waals surface area contributed by atoms with E-state index in [9.17, 15) is 4.39 Å². The molecule has 0 saturated heterocycles. The molecule has 1 nitrogen and oxygen atoms in total. The van der Waals surface area contributed by atoms with Crippen LogP contribution in [0.1, 0.15) is 39.8 Å². The molecule has 0 radical (unpaired) electrons. The van der Waals surface area contributed by atoms with E-state index in [4.69, 9.17) is 0 Å². The van der Waals surface area contributed by atoms with Crippen LogP contribution in [0.3, 0.4) is 0 Å². The van der Waals surface area contributed by atoms with Crippen molar-refractivity contribution in [1.82, 2.24) is 5.32 Å². The molecule has 0 bridgehead atoms. The van der Waals surface area contributed by atoms with E-state index in [0.717, 1.165) is 13.1 Å². The van der Waals surface area contributed by atoms with Gasteiger partial charge in [-0.2, -0.15) is 0 Å². The Morgan fingerprint density at radius 3 is 1.60 bits per heavy atom. The highest BCUT2D eigenvalue weighted by molar-refractivity contribution is 5.29. The highest BCUT2D eigenvalue weighted by atomic mass is 19.1. The van der Waals surface area contributed by atoms with Crippen LogP contribution in [0.4, 0.5) is 4.39 Å². The molecule has 2 rings (SSSR count). The van der Waals surface area contributed by atoms with Gasteiger partial charge in [0.2, 0.25) is 0 Å². The van der Waals surface area contributed by atoms with Crippen LogP contribution in [0.2, 0.25) is 0 Å². The zero-order valence-electron chi connectivity index (χ0n) is 8.60. The zero-order chi connectivity index (χ0) is 10.1. The third kappa shape index (κ3) is 6.24. The molecule has 0 amide bonds. The number of rotatable bonds is 0. The van der Waals surface area contributed by atoms with Gasteiger partial charge in [-0.25, -0.2) is 0 Å². The summed E-state index contributed by atoms with van der Waals surface area (Å²) in [7, 11) is 0.500. The van der Waals surface area contributed by atoms with Gasteiger partial charge in [0.15, 0.2) is 0 Å². The van der Waals surface area contributed by atoms with Crippen LogP contribution in [0.15, 0.2) is 24.3 Å². The van der Waals surface area contributed by atoms with Crippen molar-refractivity contribution in [3.8, 4) is 0 Å². The topological polar surface area (TPSA) is 12.0 Å². The summed E-state index contributed by atoms with van der Waals surface area (Å²) in [6.45, 7) is 6.10. The van der Waals surface area contributed by atoms with Crippen molar-refractivity contribution in [1.29, 1.82) is 0 Å². The van der Waals surface area contributed by atoms with E-state index >= 15 is 0 Å². The van der Waals surface area contributed by atoms with Crippen LogP contribution < -0.4 is 5.32 Å². The van der Waals surface area contributed by atoms with Crippen molar-refractivity contribution in [3.05, 3.63) is 35.4 Å². The van der Waals surface area contributed by atoms with Gasteiger partial charge in [-0.15, -0.1) is 0 Å². The Balaban J connectivity index is -0.000000218. The van der Waals surface area contributed by atoms with Gasteiger partial charge in [-0.3, -0.25) is 4.39 Å². The highest BCUT2D eigenvalue weighted by Gasteiger charge is 2.06. The van der Waals surface area contributed by atoms with Crippen LogP contribution in [0.25, 0.3) is 0 Å². The van der Waals surface area contributed by atoms with E-state index in [-0.39, 0.29) is 14.9 Å². The largest absolute Gasteiger partial charge is 0.309 e. The van der Waals surface area contributed by atoms with Crippen molar-refractivity contribution < 1.29 is 4.39 Å². The van der Waals surface area contributed by atoms with Crippen molar-refractivity contribution in [2.75, 3.05) is 7.18 Å². The standard InChI is InChI=1S/C8H9N.C2H6.CH3F.2CH4/c1-2-4-8-6-9-5-7(8)3-1;2*1-2;;/h1-4,9H,5-6H2;1-2H3;1H3;2*1H4. The average molecular weight is 215 g/mol. The number of halogens is 1. The lowest BCUT2D eigenvalue weighted by molar-refractivity contribution is 0.636. The van der Waals surface area contributed by atoms with E-state index in [0.29, 0.717) is 7.18 Å². The quantitative estimate of drug-likeness (QED) is 0.684. The molecule has 0 aliphatic carbocycles. The van der Waals surface area contributed by atoms with Crippen molar-refractivity contribution in [3.63, 3.8) is 0 Å². The summed E-state index contributed by atoms with van der Waals surface area (Å²) in [5.74, 6) is 0. The summed E-state index contributed by atoms with van der Waals surface area (Å²) in [4.78, 5) is 0. The van der Waals surface area contributed by atoms with Gasteiger partial charge >= 0.3 is 0 Å². The molecule has 0 aromatic heterocycles. The number of nitrogens with one attached hydrogen (secondary N) is 1. The van der Waals surface area contributed by atoms with E-state index in [2.05, 4.69) is 29.6 Å². The maximum atomic E-state index is 9.50. The molecule has 1 aromatic carbocycles. The first-order valence-electron chi connectivity index (χ1n) is 4.62. The van der Waals surface area contributed by atoms with Crippen molar-refractivity contribution >= 4 is 0 Å². The summed E-state index contributed by atoms with van der Waals surface area (Å²) >= 11 is 0. The third-order valence-corrected chi connectivity index (χ3v) is 1.75. The summed E-state index contributed by atoms with van der Waals surface area (Å²) in [6, 6.07) is 8.53. The van der Waals surface area contributed by atoms with E-state index in [1.807, 2.05) is 13.8 Å². The average Bonchev–Trinajstić information content (AvgIpc) is 2.71. The first kappa shape index (κ1) is 19.6. The Morgan fingerprint density at radius 2 is 1.27 bits per heavy atom. The lowest BCUT2D eigenvalue weighted by Gasteiger charge is -1.91. The first-order chi connectivity index (χ1) is 6.47. The number of hydrogen-bond donors (Lipinski definition) is 1. The normalized spacial score (nSPS) is 10.1. The minimum absolute atomic E-state index is 0. The van der Waals surface area contributed by atoms with Crippen molar-refractivity contribution in [2.24, 2.45) is 0 Å². The van der Waals surface area contributed by atoms with E-state index < -0.39 is 0 Å². The minimum Gasteiger partial charge on any atom is -0.309 e. The highest BCUT2D eigenvalue weighted by Crippen LogP contribution is 2.12. The van der Waals surface area contributed by atoms with E-state index in [1.54, 1.807) is 0 Å². The van der Waals surface area contributed by atoms with Crippen LogP contribution in [0.5, 0.6) is 0 Å². The molecule has 1 aromatic rings. The maximum absolute atomic E-state index is 9.50. The molecule has 0 atom stereocenters. The Morgan fingerprint density at radius 1 is 0.933 bits per heavy atom. The molecule has 1 aliphatic rings. The number of fused-ring (bicyclic) bond motifs is 1. The third-order valence-electron chi connectivity index (χ3n) is 1.75. The van der Waals surface area contributed by atoms with Gasteiger partial charge in [0.1, 0.15) is 0 Å². The molecule has 0 unspecified atom stereocenters. The second-order valence-corrected chi connectivity index (χ2v) is 2.37. The fourth-order valence-corrected chi connectivity index (χ4v) is 1.23. The summed E-state index contributed by atoms with van der Waals surface area (Å²) in [5, 5.41) is 3.29. The fourth-order valence-electron chi connectivity index (χ4n) is 1.23. The van der Waals surface area contributed by atoms with Gasteiger partial charge in [0, 0.05) is 13.1 Å². The summed E-state index contributed by atoms with van der Waals surface area (Å²) in [6.07, 6.45) is 0. The lowest BCUT2D eigenvalue weighted by Crippen LogP contribution is -1.99. The van der Waals surface area contributed by atoms with Crippen LogP contribution >= 0.6 is 0 Å². The molecular weight excluding hydrogens is 189 g/mol. The van der Waals surface area contributed by atoms with Gasteiger partial charge < -0.3 is 5.32 Å². The van der Waals surface area contributed by atoms with Crippen LogP contribution in [0, 0.1) is 0 Å². The Kier molecular flexibility index (Phi) is 17.2. The fraction of sp³-hybridized carbons (Fsp3) is 0.538. The number of alkyl halides is 1. The smallest absolute Gasteiger partial charge is 0.0785 e. The second kappa shape index (κ2) is 13.1. The zero-order valence-corrected chi connectivity index (χ0v) is 8.60. The van der Waals surface area contributed by atoms with Gasteiger partial charge in [-0.05, 0) is 11.1 Å². The van der Waals surface area contributed by atoms with Gasteiger partial charge in [0.05, 0.1) is 7.18 Å². The maximum Gasteiger partial charge on any atom is 0.0785 e. The van der Waals surface area contributed by atoms with Crippen LogP contribution in [-0.2, 0) is 13.1 Å². The van der Waals surface area contributed by atoms with E-state index in [1.165, 1.54) is 11.1 Å². The molecule has 1 aliphatic heterocycles. The Labute approximate surface area is 94.7 Å². The summed E-state index contributed by atoms with van der Waals surface area (Å²) < 4.78 is 9.50. The predicted molar refractivity (Wildman–Crippen MR) is 68.8 cm³/mol. The molecule has 0 fully saturated rings. The first-order valence-corrected chi connectivity index (χ1v) is 4.62. The van der Waals surface area contributed by atoms with Crippen molar-refractivity contribution in [2.45, 2.75) is 41.8 Å². The van der Waals surface area contributed by atoms with Crippen LogP contribution in [-0.4, -0.2) is 7.18 Å². The monoisotopic (exact) mass is 215 g/mol. The Bertz CT molecular complexity index is 201. The SMILES string of the molecule is C.C.CC.CF.c1ccc2c(c1)CNC2. The lowest BCUT2D eigenvalue weighted by atomic mass is 10.1. The molecule has 0 saturated carbocycles. The van der Waals surface area contributed by atoms with Gasteiger partial charge in [0.25, 0.3) is 0 Å². The number of benzene rings is 1.